The number of aromatic nitrogens is 1. The van der Waals surface area contributed by atoms with E-state index in [1.54, 1.807) is 0 Å². The summed E-state index contributed by atoms with van der Waals surface area (Å²) in [5.41, 5.74) is 11.9. The zero-order chi connectivity index (χ0) is 42.4. The summed E-state index contributed by atoms with van der Waals surface area (Å²) in [6, 6.07) is 89.8. The first-order chi connectivity index (χ1) is 31.7. The lowest BCUT2D eigenvalue weighted by Crippen LogP contribution is -2.10. The summed E-state index contributed by atoms with van der Waals surface area (Å²) in [6.45, 7) is 0. The number of fused-ring (bicyclic) bond motifs is 5. The van der Waals surface area contributed by atoms with E-state index in [4.69, 9.17) is 4.98 Å². The number of para-hydroxylation sites is 4. The van der Waals surface area contributed by atoms with Gasteiger partial charge in [0, 0.05) is 45.1 Å². The topological polar surface area (TPSA) is 19.4 Å². The first-order valence-electron chi connectivity index (χ1n) is 21.9. The molecule has 0 aliphatic heterocycles. The minimum atomic E-state index is 0.934. The van der Waals surface area contributed by atoms with E-state index in [-0.39, 0.29) is 0 Å². The van der Waals surface area contributed by atoms with E-state index >= 15 is 0 Å². The number of benzene rings is 11. The van der Waals surface area contributed by atoms with Crippen molar-refractivity contribution in [3.05, 3.63) is 249 Å². The van der Waals surface area contributed by atoms with Gasteiger partial charge in [0.15, 0.2) is 0 Å². The van der Waals surface area contributed by atoms with Crippen LogP contribution in [0.3, 0.4) is 0 Å². The third-order valence-electron chi connectivity index (χ3n) is 12.5. The Balaban J connectivity index is 1.19. The van der Waals surface area contributed by atoms with Crippen molar-refractivity contribution in [2.24, 2.45) is 0 Å². The van der Waals surface area contributed by atoms with Crippen LogP contribution < -0.4 is 9.80 Å². The molecule has 0 radical (unpaired) electrons. The Bertz CT molecular complexity index is 3640. The standard InChI is InChI=1S/C61H41N3/c1-4-21-48(22-5-1)63(49-23-6-2-7-24-49)52-33-35-54-57(41-52)61(59-37-31-44-18-14-15-27-58(44)62-59)55-36-34-53(40-56(55)60(54)47-29-28-42-16-10-12-19-45(42)38-47)64(50-25-8-3-9-26-50)51-32-30-43-17-11-13-20-46(43)39-51/h1-41H. The molecular weight excluding hydrogens is 775 g/mol. The van der Waals surface area contributed by atoms with Crippen LogP contribution in [-0.4, -0.2) is 4.98 Å². The van der Waals surface area contributed by atoms with Crippen LogP contribution in [0, 0.1) is 0 Å². The largest absolute Gasteiger partial charge is 0.310 e. The van der Waals surface area contributed by atoms with Gasteiger partial charge < -0.3 is 9.80 Å². The van der Waals surface area contributed by atoms with Gasteiger partial charge in [0.2, 0.25) is 0 Å². The average molecular weight is 816 g/mol. The van der Waals surface area contributed by atoms with Crippen molar-refractivity contribution in [3.8, 4) is 22.4 Å². The van der Waals surface area contributed by atoms with Gasteiger partial charge >= 0.3 is 0 Å². The molecule has 0 spiro atoms. The Morgan fingerprint density at radius 3 is 1.28 bits per heavy atom. The SMILES string of the molecule is c1ccc(N(c2ccc3ccccc3c2)c2ccc3c(-c4ccc5ccccc5n4)c4cc(N(c5ccccc5)c5ccccc5)ccc4c(-c4ccc5ccccc5c4)c3c2)cc1. The number of hydrogen-bond donors (Lipinski definition) is 0. The number of pyridine rings is 1. The fourth-order valence-electron chi connectivity index (χ4n) is 9.56. The van der Waals surface area contributed by atoms with Gasteiger partial charge in [0.05, 0.1) is 11.2 Å². The van der Waals surface area contributed by atoms with Crippen molar-refractivity contribution in [2.75, 3.05) is 9.80 Å². The van der Waals surface area contributed by atoms with E-state index in [0.29, 0.717) is 0 Å². The Morgan fingerprint density at radius 1 is 0.250 bits per heavy atom. The second-order valence-electron chi connectivity index (χ2n) is 16.4. The van der Waals surface area contributed by atoms with Crippen LogP contribution >= 0.6 is 0 Å². The van der Waals surface area contributed by atoms with Gasteiger partial charge in [-0.05, 0) is 145 Å². The number of hydrogen-bond acceptors (Lipinski definition) is 3. The molecule has 1 heterocycles. The molecule has 64 heavy (non-hydrogen) atoms. The maximum atomic E-state index is 5.44. The molecule has 0 unspecified atom stereocenters. The molecule has 3 heteroatoms. The molecule has 0 aliphatic rings. The van der Waals surface area contributed by atoms with Crippen molar-refractivity contribution in [3.63, 3.8) is 0 Å². The zero-order valence-electron chi connectivity index (χ0n) is 35.0. The van der Waals surface area contributed by atoms with E-state index < -0.39 is 0 Å². The zero-order valence-corrected chi connectivity index (χ0v) is 35.0. The predicted molar refractivity (Wildman–Crippen MR) is 272 cm³/mol. The molecule has 0 saturated heterocycles. The van der Waals surface area contributed by atoms with Crippen molar-refractivity contribution in [1.29, 1.82) is 0 Å². The van der Waals surface area contributed by atoms with E-state index in [0.717, 1.165) is 83.4 Å². The quantitative estimate of drug-likeness (QED) is 0.142. The second-order valence-corrected chi connectivity index (χ2v) is 16.4. The highest BCUT2D eigenvalue weighted by Gasteiger charge is 2.23. The minimum Gasteiger partial charge on any atom is -0.310 e. The van der Waals surface area contributed by atoms with Crippen molar-refractivity contribution in [1.82, 2.24) is 4.98 Å². The molecule has 0 N–H and O–H groups in total. The highest BCUT2D eigenvalue weighted by Crippen LogP contribution is 2.48. The molecule has 0 fully saturated rings. The highest BCUT2D eigenvalue weighted by molar-refractivity contribution is 6.23. The Morgan fingerprint density at radius 2 is 0.672 bits per heavy atom. The van der Waals surface area contributed by atoms with Crippen LogP contribution in [0.2, 0.25) is 0 Å². The van der Waals surface area contributed by atoms with Gasteiger partial charge in [0.25, 0.3) is 0 Å². The van der Waals surface area contributed by atoms with Gasteiger partial charge in [-0.2, -0.15) is 0 Å². The summed E-state index contributed by atoms with van der Waals surface area (Å²) in [6.07, 6.45) is 0. The maximum absolute atomic E-state index is 5.44. The van der Waals surface area contributed by atoms with Crippen LogP contribution in [0.5, 0.6) is 0 Å². The number of anilines is 6. The van der Waals surface area contributed by atoms with Crippen LogP contribution in [0.25, 0.3) is 76.4 Å². The molecule has 11 aromatic carbocycles. The lowest BCUT2D eigenvalue weighted by atomic mass is 9.86. The molecular formula is C61H41N3. The smallest absolute Gasteiger partial charge is 0.0722 e. The monoisotopic (exact) mass is 815 g/mol. The van der Waals surface area contributed by atoms with Gasteiger partial charge in [-0.15, -0.1) is 0 Å². The number of nitrogens with zero attached hydrogens (tertiary/aromatic N) is 3. The Labute approximate surface area is 372 Å². The molecule has 1 aromatic heterocycles. The molecule has 0 amide bonds. The Kier molecular flexibility index (Phi) is 9.16. The molecule has 0 saturated carbocycles. The summed E-state index contributed by atoms with van der Waals surface area (Å²) in [7, 11) is 0. The normalized spacial score (nSPS) is 11.4. The summed E-state index contributed by atoms with van der Waals surface area (Å²) in [5, 5.41) is 10.5. The van der Waals surface area contributed by atoms with Crippen LogP contribution in [-0.2, 0) is 0 Å². The molecule has 12 aromatic rings. The van der Waals surface area contributed by atoms with Gasteiger partial charge in [-0.3, -0.25) is 0 Å². The molecule has 3 nitrogen and oxygen atoms in total. The fourth-order valence-corrected chi connectivity index (χ4v) is 9.56. The average Bonchev–Trinajstić information content (AvgIpc) is 3.36. The summed E-state index contributed by atoms with van der Waals surface area (Å²) < 4.78 is 0. The minimum absolute atomic E-state index is 0.934. The summed E-state index contributed by atoms with van der Waals surface area (Å²) >= 11 is 0. The summed E-state index contributed by atoms with van der Waals surface area (Å²) in [4.78, 5) is 10.2. The van der Waals surface area contributed by atoms with E-state index in [2.05, 4.69) is 259 Å². The van der Waals surface area contributed by atoms with Crippen LogP contribution in [0.15, 0.2) is 249 Å². The van der Waals surface area contributed by atoms with Gasteiger partial charge in [-0.1, -0.05) is 158 Å². The summed E-state index contributed by atoms with van der Waals surface area (Å²) in [5.74, 6) is 0. The Hall–Kier alpha value is -8.53. The highest BCUT2D eigenvalue weighted by atomic mass is 15.1. The van der Waals surface area contributed by atoms with Crippen molar-refractivity contribution in [2.45, 2.75) is 0 Å². The van der Waals surface area contributed by atoms with Crippen molar-refractivity contribution >= 4 is 88.1 Å². The van der Waals surface area contributed by atoms with E-state index in [1.807, 2.05) is 0 Å². The molecule has 12 rings (SSSR count). The molecule has 0 bridgehead atoms. The fraction of sp³-hybridized carbons (Fsp3) is 0. The van der Waals surface area contributed by atoms with E-state index in [9.17, 15) is 0 Å². The van der Waals surface area contributed by atoms with Gasteiger partial charge in [0.1, 0.15) is 0 Å². The first-order valence-corrected chi connectivity index (χ1v) is 21.9. The lowest BCUT2D eigenvalue weighted by molar-refractivity contribution is 1.29. The maximum Gasteiger partial charge on any atom is 0.0722 e. The molecule has 0 aliphatic carbocycles. The second kappa shape index (κ2) is 15.7. The third kappa shape index (κ3) is 6.59. The lowest BCUT2D eigenvalue weighted by Gasteiger charge is -2.28. The first kappa shape index (κ1) is 37.2. The van der Waals surface area contributed by atoms with Crippen LogP contribution in [0.4, 0.5) is 34.1 Å². The molecule has 300 valence electrons. The van der Waals surface area contributed by atoms with Gasteiger partial charge in [-0.25, -0.2) is 4.98 Å². The predicted octanol–water partition coefficient (Wildman–Crippen LogP) is 17.1. The third-order valence-corrected chi connectivity index (χ3v) is 12.5. The number of rotatable bonds is 8. The molecule has 0 atom stereocenters. The van der Waals surface area contributed by atoms with E-state index in [1.165, 1.54) is 27.1 Å². The van der Waals surface area contributed by atoms with Crippen molar-refractivity contribution < 1.29 is 0 Å². The van der Waals surface area contributed by atoms with Crippen LogP contribution in [0.1, 0.15) is 0 Å².